The molecular weight excluding hydrogens is 363 g/mol. The van der Waals surface area contributed by atoms with Crippen molar-refractivity contribution < 1.29 is 18.3 Å². The zero-order chi connectivity index (χ0) is 18.3. The van der Waals surface area contributed by atoms with Gasteiger partial charge in [-0.2, -0.15) is 13.2 Å². The Kier molecular flexibility index (Phi) is 4.32. The molecule has 8 heteroatoms. The van der Waals surface area contributed by atoms with Crippen molar-refractivity contribution in [2.24, 2.45) is 0 Å². The highest BCUT2D eigenvalue weighted by molar-refractivity contribution is 7.17. The summed E-state index contributed by atoms with van der Waals surface area (Å²) in [5.41, 5.74) is 1.82. The molecule has 26 heavy (non-hydrogen) atoms. The molecule has 0 aliphatic heterocycles. The maximum atomic E-state index is 12.6. The molecule has 0 bridgehead atoms. The summed E-state index contributed by atoms with van der Waals surface area (Å²) in [5.74, 6) is 1.28. The van der Waals surface area contributed by atoms with Crippen molar-refractivity contribution in [2.75, 3.05) is 11.9 Å². The van der Waals surface area contributed by atoms with Crippen molar-refractivity contribution in [2.45, 2.75) is 31.0 Å². The minimum absolute atomic E-state index is 0.273. The van der Waals surface area contributed by atoms with Gasteiger partial charge in [0.15, 0.2) is 6.10 Å². The predicted molar refractivity (Wildman–Crippen MR) is 95.4 cm³/mol. The molecule has 136 valence electrons. The second-order valence-corrected chi connectivity index (χ2v) is 7.20. The number of benzene rings is 1. The summed E-state index contributed by atoms with van der Waals surface area (Å²) in [5, 5.41) is 14.7. The molecule has 4 rings (SSSR count). The van der Waals surface area contributed by atoms with Gasteiger partial charge in [0, 0.05) is 16.9 Å². The zero-order valence-electron chi connectivity index (χ0n) is 13.6. The average Bonchev–Trinajstić information content (AvgIpc) is 3.38. The Hall–Kier alpha value is -2.19. The summed E-state index contributed by atoms with van der Waals surface area (Å²) < 4.78 is 37.9. The summed E-state index contributed by atoms with van der Waals surface area (Å²) in [6.07, 6.45) is -5.13. The Morgan fingerprint density at radius 3 is 2.58 bits per heavy atom. The first-order chi connectivity index (χ1) is 12.4. The number of rotatable bonds is 5. The van der Waals surface area contributed by atoms with Gasteiger partial charge >= 0.3 is 6.18 Å². The molecule has 4 nitrogen and oxygen atoms in total. The van der Waals surface area contributed by atoms with Crippen LogP contribution in [0.2, 0.25) is 0 Å². The highest BCUT2D eigenvalue weighted by atomic mass is 32.1. The normalized spacial score (nSPS) is 16.0. The molecule has 2 heterocycles. The van der Waals surface area contributed by atoms with Crippen LogP contribution >= 0.6 is 11.3 Å². The monoisotopic (exact) mass is 379 g/mol. The summed E-state index contributed by atoms with van der Waals surface area (Å²) >= 11 is 1.45. The van der Waals surface area contributed by atoms with Crippen LogP contribution in [0.15, 0.2) is 35.7 Å². The number of halogens is 3. The largest absolute Gasteiger partial charge is 0.416 e. The number of nitrogens with zero attached hydrogens (tertiary/aromatic N) is 2. The lowest BCUT2D eigenvalue weighted by molar-refractivity contribution is -0.198. The first kappa shape index (κ1) is 17.2. The number of nitrogens with one attached hydrogen (secondary N) is 1. The molecule has 3 aromatic rings. The second-order valence-electron chi connectivity index (χ2n) is 6.34. The molecular formula is C18H16F3N3OS. The van der Waals surface area contributed by atoms with Gasteiger partial charge in [-0.05, 0) is 18.4 Å². The average molecular weight is 379 g/mol. The number of alkyl halides is 3. The quantitative estimate of drug-likeness (QED) is 0.682. The van der Waals surface area contributed by atoms with Crippen molar-refractivity contribution in [1.29, 1.82) is 0 Å². The van der Waals surface area contributed by atoms with Crippen LogP contribution in [0.3, 0.4) is 0 Å². The highest BCUT2D eigenvalue weighted by Crippen LogP contribution is 2.42. The van der Waals surface area contributed by atoms with Gasteiger partial charge in [0.25, 0.3) is 0 Å². The van der Waals surface area contributed by atoms with Gasteiger partial charge in [0.1, 0.15) is 16.5 Å². The molecule has 1 saturated carbocycles. The van der Waals surface area contributed by atoms with E-state index < -0.39 is 18.8 Å². The van der Waals surface area contributed by atoms with E-state index in [1.807, 2.05) is 35.7 Å². The molecule has 0 spiro atoms. The fourth-order valence-corrected chi connectivity index (χ4v) is 3.70. The maximum Gasteiger partial charge on any atom is 0.416 e. The van der Waals surface area contributed by atoms with E-state index in [-0.39, 0.29) is 5.92 Å². The molecule has 1 fully saturated rings. The summed E-state index contributed by atoms with van der Waals surface area (Å²) in [6, 6.07) is 9.57. The minimum Gasteiger partial charge on any atom is -0.382 e. The SMILES string of the molecule is O[C@@H](CNc1nc(C2CC2)nc2scc(-c3ccccc3)c12)C(F)(F)F. The Bertz CT molecular complexity index is 923. The van der Waals surface area contributed by atoms with E-state index in [2.05, 4.69) is 15.3 Å². The number of hydrogen-bond acceptors (Lipinski definition) is 5. The molecule has 2 N–H and O–H groups in total. The smallest absolute Gasteiger partial charge is 0.382 e. The van der Waals surface area contributed by atoms with Gasteiger partial charge in [-0.1, -0.05) is 30.3 Å². The number of anilines is 1. The highest BCUT2D eigenvalue weighted by Gasteiger charge is 2.38. The number of aromatic nitrogens is 2. The third-order valence-electron chi connectivity index (χ3n) is 4.32. The molecule has 1 atom stereocenters. The van der Waals surface area contributed by atoms with Crippen LogP contribution in [-0.2, 0) is 0 Å². The van der Waals surface area contributed by atoms with E-state index in [0.29, 0.717) is 17.0 Å². The van der Waals surface area contributed by atoms with Crippen molar-refractivity contribution in [3.8, 4) is 11.1 Å². The summed E-state index contributed by atoms with van der Waals surface area (Å²) in [6.45, 7) is -0.649. The van der Waals surface area contributed by atoms with E-state index in [4.69, 9.17) is 0 Å². The molecule has 0 saturated heterocycles. The van der Waals surface area contributed by atoms with E-state index in [9.17, 15) is 18.3 Å². The summed E-state index contributed by atoms with van der Waals surface area (Å²) in [7, 11) is 0. The molecule has 1 aliphatic rings. The van der Waals surface area contributed by atoms with E-state index in [0.717, 1.165) is 28.8 Å². The number of thiophene rings is 1. The third-order valence-corrected chi connectivity index (χ3v) is 5.19. The van der Waals surface area contributed by atoms with Crippen molar-refractivity contribution >= 4 is 27.4 Å². The molecule has 1 aromatic carbocycles. The van der Waals surface area contributed by atoms with Crippen LogP contribution in [0.25, 0.3) is 21.3 Å². The maximum absolute atomic E-state index is 12.6. The van der Waals surface area contributed by atoms with Crippen molar-refractivity contribution in [3.63, 3.8) is 0 Å². The second kappa shape index (κ2) is 6.51. The minimum atomic E-state index is -4.67. The number of fused-ring (bicyclic) bond motifs is 1. The van der Waals surface area contributed by atoms with Gasteiger partial charge in [-0.3, -0.25) is 0 Å². The molecule has 0 unspecified atom stereocenters. The van der Waals surface area contributed by atoms with Crippen LogP contribution in [0, 0.1) is 0 Å². The first-order valence-corrected chi connectivity index (χ1v) is 9.14. The first-order valence-electron chi connectivity index (χ1n) is 8.26. The van der Waals surface area contributed by atoms with Crippen LogP contribution < -0.4 is 5.32 Å². The Morgan fingerprint density at radius 2 is 1.92 bits per heavy atom. The number of hydrogen-bond donors (Lipinski definition) is 2. The van der Waals surface area contributed by atoms with E-state index in [1.165, 1.54) is 11.3 Å². The Labute approximate surface area is 151 Å². The molecule has 1 aliphatic carbocycles. The lowest BCUT2D eigenvalue weighted by atomic mass is 10.1. The van der Waals surface area contributed by atoms with Crippen molar-refractivity contribution in [1.82, 2.24) is 9.97 Å². The fourth-order valence-electron chi connectivity index (χ4n) is 2.75. The zero-order valence-corrected chi connectivity index (χ0v) is 14.4. The third kappa shape index (κ3) is 3.39. The van der Waals surface area contributed by atoms with Gasteiger partial charge in [0.05, 0.1) is 11.9 Å². The fraction of sp³-hybridized carbons (Fsp3) is 0.333. The van der Waals surface area contributed by atoms with Gasteiger partial charge in [0.2, 0.25) is 0 Å². The number of aliphatic hydroxyl groups is 1. The Morgan fingerprint density at radius 1 is 1.19 bits per heavy atom. The lowest BCUT2D eigenvalue weighted by Crippen LogP contribution is -2.35. The van der Waals surface area contributed by atoms with E-state index >= 15 is 0 Å². The number of aliphatic hydroxyl groups excluding tert-OH is 1. The lowest BCUT2D eigenvalue weighted by Gasteiger charge is -2.16. The van der Waals surface area contributed by atoms with Crippen LogP contribution in [0.5, 0.6) is 0 Å². The Balaban J connectivity index is 1.76. The van der Waals surface area contributed by atoms with Gasteiger partial charge < -0.3 is 10.4 Å². The van der Waals surface area contributed by atoms with Crippen molar-refractivity contribution in [3.05, 3.63) is 41.5 Å². The summed E-state index contributed by atoms with van der Waals surface area (Å²) in [4.78, 5) is 9.82. The van der Waals surface area contributed by atoms with Crippen LogP contribution in [-0.4, -0.2) is 33.9 Å². The van der Waals surface area contributed by atoms with Crippen LogP contribution in [0.1, 0.15) is 24.6 Å². The standard InChI is InChI=1S/C18H16F3N3OS/c19-18(20,21)13(25)8-22-16-14-12(10-4-2-1-3-5-10)9-26-17(14)24-15(23-16)11-6-7-11/h1-5,9,11,13,25H,6-8H2,(H,22,23,24)/t13-/m0/s1. The molecule has 2 aromatic heterocycles. The van der Waals surface area contributed by atoms with Gasteiger partial charge in [-0.25, -0.2) is 9.97 Å². The predicted octanol–water partition coefficient (Wildman–Crippen LogP) is 4.57. The van der Waals surface area contributed by atoms with E-state index in [1.54, 1.807) is 0 Å². The topological polar surface area (TPSA) is 58.0 Å². The van der Waals surface area contributed by atoms with Gasteiger partial charge in [-0.15, -0.1) is 11.3 Å². The molecule has 0 amide bonds. The molecule has 0 radical (unpaired) electrons. The van der Waals surface area contributed by atoms with Crippen LogP contribution in [0.4, 0.5) is 19.0 Å².